The second kappa shape index (κ2) is 6.52. The molecule has 0 aliphatic rings. The van der Waals surface area contributed by atoms with Gasteiger partial charge in [0.1, 0.15) is 0 Å². The minimum absolute atomic E-state index is 0. The molecule has 9 heteroatoms. The van der Waals surface area contributed by atoms with Gasteiger partial charge in [0.15, 0.2) is 0 Å². The van der Waals surface area contributed by atoms with Crippen LogP contribution in [0, 0.1) is 0 Å². The van der Waals surface area contributed by atoms with Gasteiger partial charge < -0.3 is 15.0 Å². The molecule has 0 radical (unpaired) electrons. The molecule has 0 aliphatic heterocycles. The third kappa shape index (κ3) is 3.69. The monoisotopic (exact) mass is 334 g/mol. The zero-order valence-corrected chi connectivity index (χ0v) is 14.7. The summed E-state index contributed by atoms with van der Waals surface area (Å²) in [6.45, 7) is 0. The summed E-state index contributed by atoms with van der Waals surface area (Å²) in [4.78, 5) is 21.6. The van der Waals surface area contributed by atoms with E-state index in [0.29, 0.717) is 6.07 Å². The molecule has 0 aromatic heterocycles. The van der Waals surface area contributed by atoms with E-state index in [1.165, 1.54) is 12.1 Å². The maximum Gasteiger partial charge on any atom is 1.00 e. The van der Waals surface area contributed by atoms with Crippen LogP contribution in [0.15, 0.2) is 35.2 Å². The van der Waals surface area contributed by atoms with E-state index >= 15 is 0 Å². The minimum Gasteiger partial charge on any atom is -0.545 e. The van der Waals surface area contributed by atoms with Gasteiger partial charge in [-0.2, -0.15) is 8.42 Å². The van der Waals surface area contributed by atoms with E-state index in [1.807, 2.05) is 0 Å². The van der Waals surface area contributed by atoms with Gasteiger partial charge in [-0.25, -0.2) is 4.79 Å². The molecule has 2 aromatic rings. The second-order valence-electron chi connectivity index (χ2n) is 3.94. The SMILES string of the molecule is O=C([O-])c1cccc2cc(S(=O)(=O)O)cc(C(=O)O)c12.[K+]. The van der Waals surface area contributed by atoms with Crippen molar-refractivity contribution in [2.75, 3.05) is 0 Å². The molecular weight excluding hydrogens is 327 g/mol. The van der Waals surface area contributed by atoms with Gasteiger partial charge in [-0.1, -0.05) is 18.2 Å². The zero-order valence-electron chi connectivity index (χ0n) is 10.7. The van der Waals surface area contributed by atoms with Crippen LogP contribution in [-0.2, 0) is 10.1 Å². The summed E-state index contributed by atoms with van der Waals surface area (Å²) < 4.78 is 31.2. The van der Waals surface area contributed by atoms with Crippen LogP contribution in [0.5, 0.6) is 0 Å². The van der Waals surface area contributed by atoms with Gasteiger partial charge in [0.25, 0.3) is 10.1 Å². The number of hydrogen-bond acceptors (Lipinski definition) is 5. The Morgan fingerprint density at radius 3 is 2.19 bits per heavy atom. The zero-order chi connectivity index (χ0) is 15.1. The Kier molecular flexibility index (Phi) is 5.67. The number of hydrogen-bond donors (Lipinski definition) is 2. The minimum atomic E-state index is -4.61. The van der Waals surface area contributed by atoms with Crippen molar-refractivity contribution in [2.45, 2.75) is 4.90 Å². The summed E-state index contributed by atoms with van der Waals surface area (Å²) in [5.41, 5.74) is -0.920. The maximum atomic E-state index is 11.2. The molecule has 104 valence electrons. The first kappa shape index (κ1) is 18.2. The second-order valence-corrected chi connectivity index (χ2v) is 5.36. The van der Waals surface area contributed by atoms with Crippen molar-refractivity contribution in [3.63, 3.8) is 0 Å². The Bertz CT molecular complexity index is 842. The molecular formula is C12H7KO7S. The smallest absolute Gasteiger partial charge is 0.545 e. The number of benzene rings is 2. The van der Waals surface area contributed by atoms with Crippen LogP contribution in [-0.4, -0.2) is 30.0 Å². The van der Waals surface area contributed by atoms with Crippen molar-refractivity contribution in [1.82, 2.24) is 0 Å². The molecule has 0 spiro atoms. The normalized spacial score (nSPS) is 10.9. The molecule has 0 unspecified atom stereocenters. The van der Waals surface area contributed by atoms with E-state index in [9.17, 15) is 23.1 Å². The van der Waals surface area contributed by atoms with Crippen molar-refractivity contribution >= 4 is 32.8 Å². The molecule has 21 heavy (non-hydrogen) atoms. The molecule has 0 fully saturated rings. The Balaban J connectivity index is 0.00000220. The first-order valence-electron chi connectivity index (χ1n) is 5.20. The van der Waals surface area contributed by atoms with Crippen LogP contribution in [0.3, 0.4) is 0 Å². The summed E-state index contributed by atoms with van der Waals surface area (Å²) in [5, 5.41) is 20.0. The fourth-order valence-electron chi connectivity index (χ4n) is 1.89. The van der Waals surface area contributed by atoms with Gasteiger partial charge >= 0.3 is 57.4 Å². The molecule has 0 bridgehead atoms. The summed E-state index contributed by atoms with van der Waals surface area (Å²) >= 11 is 0. The van der Waals surface area contributed by atoms with E-state index in [0.717, 1.165) is 12.1 Å². The molecule has 0 saturated carbocycles. The molecule has 7 nitrogen and oxygen atoms in total. The maximum absolute atomic E-state index is 11.2. The van der Waals surface area contributed by atoms with Crippen molar-refractivity contribution in [3.8, 4) is 0 Å². The van der Waals surface area contributed by atoms with E-state index in [2.05, 4.69) is 0 Å². The number of carbonyl (C=O) groups is 2. The third-order valence-electron chi connectivity index (χ3n) is 2.70. The first-order valence-corrected chi connectivity index (χ1v) is 6.64. The van der Waals surface area contributed by atoms with E-state index in [4.69, 9.17) is 9.66 Å². The molecule has 0 heterocycles. The van der Waals surface area contributed by atoms with Crippen molar-refractivity contribution < 1.29 is 84.2 Å². The topological polar surface area (TPSA) is 132 Å². The number of aromatic carboxylic acids is 2. The van der Waals surface area contributed by atoms with Crippen LogP contribution in [0.25, 0.3) is 10.8 Å². The van der Waals surface area contributed by atoms with Crippen LogP contribution in [0.2, 0.25) is 0 Å². The molecule has 0 amide bonds. The standard InChI is InChI=1S/C12H8O7S.K/c13-11(14)8-3-1-2-6-4-7(20(17,18)19)5-9(10(6)8)12(15)16;/h1-5H,(H,13,14)(H,15,16)(H,17,18,19);/q;+1/p-1. The predicted molar refractivity (Wildman–Crippen MR) is 65.1 cm³/mol. The van der Waals surface area contributed by atoms with E-state index < -0.39 is 32.5 Å². The van der Waals surface area contributed by atoms with Gasteiger partial charge in [-0.3, -0.25) is 4.55 Å². The summed E-state index contributed by atoms with van der Waals surface area (Å²) in [5.74, 6) is -3.10. The molecule has 0 aliphatic carbocycles. The summed E-state index contributed by atoms with van der Waals surface area (Å²) in [6.07, 6.45) is 0. The Labute approximate surface area is 161 Å². The average molecular weight is 334 g/mol. The van der Waals surface area contributed by atoms with Gasteiger partial charge in [0.2, 0.25) is 0 Å². The molecule has 0 saturated heterocycles. The van der Waals surface area contributed by atoms with Crippen molar-refractivity contribution in [1.29, 1.82) is 0 Å². The number of carbonyl (C=O) groups excluding carboxylic acids is 1. The Morgan fingerprint density at radius 1 is 1.10 bits per heavy atom. The molecule has 2 aromatic carbocycles. The number of carboxylic acid groups (broad SMARTS) is 2. The van der Waals surface area contributed by atoms with Gasteiger partial charge in [-0.15, -0.1) is 0 Å². The fourth-order valence-corrected chi connectivity index (χ4v) is 2.43. The van der Waals surface area contributed by atoms with Gasteiger partial charge in [0.05, 0.1) is 16.4 Å². The number of fused-ring (bicyclic) bond motifs is 1. The van der Waals surface area contributed by atoms with Crippen molar-refractivity contribution in [2.24, 2.45) is 0 Å². The first-order chi connectivity index (χ1) is 9.21. The summed E-state index contributed by atoms with van der Waals surface area (Å²) in [6, 6.07) is 5.49. The third-order valence-corrected chi connectivity index (χ3v) is 3.53. The Hall–Kier alpha value is -0.814. The average Bonchev–Trinajstić information content (AvgIpc) is 2.35. The number of rotatable bonds is 3. The molecule has 0 atom stereocenters. The van der Waals surface area contributed by atoms with Crippen LogP contribution >= 0.6 is 0 Å². The molecule has 2 rings (SSSR count). The van der Waals surface area contributed by atoms with Crippen LogP contribution in [0.4, 0.5) is 0 Å². The van der Waals surface area contributed by atoms with Crippen LogP contribution < -0.4 is 56.5 Å². The van der Waals surface area contributed by atoms with Crippen molar-refractivity contribution in [3.05, 3.63) is 41.5 Å². The van der Waals surface area contributed by atoms with Gasteiger partial charge in [0, 0.05) is 10.9 Å². The van der Waals surface area contributed by atoms with E-state index in [1.54, 1.807) is 0 Å². The van der Waals surface area contributed by atoms with Gasteiger partial charge in [-0.05, 0) is 17.5 Å². The van der Waals surface area contributed by atoms with E-state index in [-0.39, 0.29) is 67.7 Å². The number of carboxylic acids is 2. The quantitative estimate of drug-likeness (QED) is 0.456. The Morgan fingerprint density at radius 2 is 1.71 bits per heavy atom. The van der Waals surface area contributed by atoms with Crippen LogP contribution in [0.1, 0.15) is 20.7 Å². The largest absolute Gasteiger partial charge is 1.00 e. The predicted octanol–water partition coefficient (Wildman–Crippen LogP) is -2.85. The summed E-state index contributed by atoms with van der Waals surface area (Å²) in [7, 11) is -4.61. The fraction of sp³-hybridized carbons (Fsp3) is 0. The molecule has 2 N–H and O–H groups in total.